The van der Waals surface area contributed by atoms with Crippen molar-refractivity contribution in [3.05, 3.63) is 59.2 Å². The number of hydrogen-bond acceptors (Lipinski definition) is 4. The SMILES string of the molecule is CCCc1c(O)cccc1OCc1ccccc1C(=O)OC. The van der Waals surface area contributed by atoms with E-state index < -0.39 is 0 Å². The van der Waals surface area contributed by atoms with Crippen LogP contribution >= 0.6 is 0 Å². The van der Waals surface area contributed by atoms with E-state index in [1.54, 1.807) is 24.3 Å². The van der Waals surface area contributed by atoms with Crippen LogP contribution in [0.4, 0.5) is 0 Å². The van der Waals surface area contributed by atoms with Crippen LogP contribution in [-0.2, 0) is 17.8 Å². The summed E-state index contributed by atoms with van der Waals surface area (Å²) in [7, 11) is 1.36. The number of esters is 1. The summed E-state index contributed by atoms with van der Waals surface area (Å²) in [6, 6.07) is 12.4. The van der Waals surface area contributed by atoms with E-state index in [9.17, 15) is 9.90 Å². The predicted octanol–water partition coefficient (Wildman–Crippen LogP) is 3.71. The van der Waals surface area contributed by atoms with Crippen molar-refractivity contribution in [3.63, 3.8) is 0 Å². The van der Waals surface area contributed by atoms with Crippen LogP contribution in [-0.4, -0.2) is 18.2 Å². The molecule has 0 bridgehead atoms. The zero-order chi connectivity index (χ0) is 15.9. The Balaban J connectivity index is 2.21. The highest BCUT2D eigenvalue weighted by molar-refractivity contribution is 5.90. The van der Waals surface area contributed by atoms with Crippen molar-refractivity contribution in [1.29, 1.82) is 0 Å². The summed E-state index contributed by atoms with van der Waals surface area (Å²) in [5.41, 5.74) is 2.03. The quantitative estimate of drug-likeness (QED) is 0.826. The fourth-order valence-corrected chi connectivity index (χ4v) is 2.30. The van der Waals surface area contributed by atoms with E-state index in [1.165, 1.54) is 7.11 Å². The van der Waals surface area contributed by atoms with Crippen molar-refractivity contribution in [2.75, 3.05) is 7.11 Å². The molecule has 0 atom stereocenters. The lowest BCUT2D eigenvalue weighted by Crippen LogP contribution is -2.08. The monoisotopic (exact) mass is 300 g/mol. The predicted molar refractivity (Wildman–Crippen MR) is 84.2 cm³/mol. The number of ether oxygens (including phenoxy) is 2. The number of aromatic hydroxyl groups is 1. The van der Waals surface area contributed by atoms with Gasteiger partial charge in [-0.3, -0.25) is 0 Å². The van der Waals surface area contributed by atoms with Crippen LogP contribution in [0.3, 0.4) is 0 Å². The Morgan fingerprint density at radius 3 is 2.64 bits per heavy atom. The molecule has 0 heterocycles. The second-order valence-electron chi connectivity index (χ2n) is 4.94. The summed E-state index contributed by atoms with van der Waals surface area (Å²) >= 11 is 0. The molecule has 0 amide bonds. The van der Waals surface area contributed by atoms with E-state index in [0.29, 0.717) is 11.3 Å². The first kappa shape index (κ1) is 15.9. The number of methoxy groups -OCH3 is 1. The van der Waals surface area contributed by atoms with E-state index in [-0.39, 0.29) is 18.3 Å². The van der Waals surface area contributed by atoms with Gasteiger partial charge in [0, 0.05) is 11.1 Å². The fraction of sp³-hybridized carbons (Fsp3) is 0.278. The summed E-state index contributed by atoms with van der Waals surface area (Å²) < 4.78 is 10.6. The van der Waals surface area contributed by atoms with Gasteiger partial charge in [0.15, 0.2) is 0 Å². The lowest BCUT2D eigenvalue weighted by Gasteiger charge is -2.14. The van der Waals surface area contributed by atoms with E-state index in [2.05, 4.69) is 0 Å². The minimum atomic E-state index is -0.385. The molecule has 2 rings (SSSR count). The van der Waals surface area contributed by atoms with Crippen molar-refractivity contribution >= 4 is 5.97 Å². The molecule has 0 spiro atoms. The molecule has 4 heteroatoms. The van der Waals surface area contributed by atoms with Crippen molar-refractivity contribution in [2.24, 2.45) is 0 Å². The molecule has 2 aromatic rings. The van der Waals surface area contributed by atoms with Gasteiger partial charge >= 0.3 is 5.97 Å². The van der Waals surface area contributed by atoms with Gasteiger partial charge in [0.2, 0.25) is 0 Å². The van der Waals surface area contributed by atoms with Gasteiger partial charge in [0.1, 0.15) is 18.1 Å². The second kappa shape index (κ2) is 7.50. The van der Waals surface area contributed by atoms with Crippen LogP contribution in [0.5, 0.6) is 11.5 Å². The van der Waals surface area contributed by atoms with Crippen LogP contribution < -0.4 is 4.74 Å². The van der Waals surface area contributed by atoms with Crippen LogP contribution in [0.25, 0.3) is 0 Å². The first-order chi connectivity index (χ1) is 10.7. The zero-order valence-electron chi connectivity index (χ0n) is 12.8. The molecular weight excluding hydrogens is 280 g/mol. The van der Waals surface area contributed by atoms with Crippen LogP contribution in [0.15, 0.2) is 42.5 Å². The van der Waals surface area contributed by atoms with Crippen LogP contribution in [0, 0.1) is 0 Å². The normalized spacial score (nSPS) is 10.3. The van der Waals surface area contributed by atoms with Gasteiger partial charge in [-0.05, 0) is 24.6 Å². The minimum Gasteiger partial charge on any atom is -0.508 e. The Bertz CT molecular complexity index is 649. The molecule has 0 fully saturated rings. The van der Waals surface area contributed by atoms with Crippen molar-refractivity contribution in [2.45, 2.75) is 26.4 Å². The van der Waals surface area contributed by atoms with E-state index >= 15 is 0 Å². The first-order valence-corrected chi connectivity index (χ1v) is 7.27. The van der Waals surface area contributed by atoms with Gasteiger partial charge in [0.05, 0.1) is 12.7 Å². The third-order valence-corrected chi connectivity index (χ3v) is 3.41. The number of phenolic OH excluding ortho intramolecular Hbond substituents is 1. The van der Waals surface area contributed by atoms with Crippen LogP contribution in [0.2, 0.25) is 0 Å². The molecule has 2 aromatic carbocycles. The lowest BCUT2D eigenvalue weighted by atomic mass is 10.1. The van der Waals surface area contributed by atoms with Gasteiger partial charge < -0.3 is 14.6 Å². The van der Waals surface area contributed by atoms with Gasteiger partial charge in [0.25, 0.3) is 0 Å². The molecule has 0 saturated carbocycles. The molecule has 4 nitrogen and oxygen atoms in total. The summed E-state index contributed by atoms with van der Waals surface area (Å²) in [6.07, 6.45) is 1.65. The maximum Gasteiger partial charge on any atom is 0.338 e. The summed E-state index contributed by atoms with van der Waals surface area (Å²) in [6.45, 7) is 2.29. The number of rotatable bonds is 6. The van der Waals surface area contributed by atoms with E-state index in [0.717, 1.165) is 24.0 Å². The Morgan fingerprint density at radius 2 is 1.91 bits per heavy atom. The average molecular weight is 300 g/mol. The fourth-order valence-electron chi connectivity index (χ4n) is 2.30. The maximum atomic E-state index is 11.8. The largest absolute Gasteiger partial charge is 0.508 e. The molecule has 0 aromatic heterocycles. The third kappa shape index (κ3) is 3.58. The Hall–Kier alpha value is -2.49. The highest BCUT2D eigenvalue weighted by Crippen LogP contribution is 2.29. The van der Waals surface area contributed by atoms with Crippen LogP contribution in [0.1, 0.15) is 34.8 Å². The average Bonchev–Trinajstić information content (AvgIpc) is 2.55. The van der Waals surface area contributed by atoms with Crippen molar-refractivity contribution in [1.82, 2.24) is 0 Å². The Kier molecular flexibility index (Phi) is 5.42. The molecule has 22 heavy (non-hydrogen) atoms. The highest BCUT2D eigenvalue weighted by atomic mass is 16.5. The van der Waals surface area contributed by atoms with Gasteiger partial charge in [-0.1, -0.05) is 37.6 Å². The molecule has 0 saturated heterocycles. The number of phenols is 1. The molecule has 0 radical (unpaired) electrons. The van der Waals surface area contributed by atoms with E-state index in [4.69, 9.17) is 9.47 Å². The standard InChI is InChI=1S/C18H20O4/c1-3-7-15-16(19)10-6-11-17(15)22-12-13-8-4-5-9-14(13)18(20)21-2/h4-6,8-11,19H,3,7,12H2,1-2H3. The number of carbonyl (C=O) groups excluding carboxylic acids is 1. The Labute approximate surface area is 130 Å². The molecule has 1 N–H and O–H groups in total. The zero-order valence-corrected chi connectivity index (χ0v) is 12.8. The Morgan fingerprint density at radius 1 is 1.14 bits per heavy atom. The van der Waals surface area contributed by atoms with Gasteiger partial charge in [-0.2, -0.15) is 0 Å². The number of hydrogen-bond donors (Lipinski definition) is 1. The second-order valence-corrected chi connectivity index (χ2v) is 4.94. The van der Waals surface area contributed by atoms with Crippen molar-refractivity contribution < 1.29 is 19.4 Å². The lowest BCUT2D eigenvalue weighted by molar-refractivity contribution is 0.0597. The molecule has 0 aliphatic carbocycles. The smallest absolute Gasteiger partial charge is 0.338 e. The highest BCUT2D eigenvalue weighted by Gasteiger charge is 2.13. The number of benzene rings is 2. The molecule has 116 valence electrons. The van der Waals surface area contributed by atoms with Crippen molar-refractivity contribution in [3.8, 4) is 11.5 Å². The third-order valence-electron chi connectivity index (χ3n) is 3.41. The van der Waals surface area contributed by atoms with Gasteiger partial charge in [-0.25, -0.2) is 4.79 Å². The van der Waals surface area contributed by atoms with Gasteiger partial charge in [-0.15, -0.1) is 0 Å². The summed E-state index contributed by atoms with van der Waals surface area (Å²) in [5.74, 6) is 0.492. The molecular formula is C18H20O4. The summed E-state index contributed by atoms with van der Waals surface area (Å²) in [5, 5.41) is 9.95. The summed E-state index contributed by atoms with van der Waals surface area (Å²) in [4.78, 5) is 11.8. The molecule has 0 aliphatic heterocycles. The van der Waals surface area contributed by atoms with E-state index in [1.807, 2.05) is 25.1 Å². The number of carbonyl (C=O) groups is 1. The first-order valence-electron chi connectivity index (χ1n) is 7.27. The maximum absolute atomic E-state index is 11.8. The topological polar surface area (TPSA) is 55.8 Å². The molecule has 0 aliphatic rings. The minimum absolute atomic E-state index is 0.237. The molecule has 0 unspecified atom stereocenters.